The molecule has 3 fully saturated rings. The second kappa shape index (κ2) is 5.20. The molecule has 1 saturated heterocycles. The highest BCUT2D eigenvalue weighted by atomic mass is 15.2. The van der Waals surface area contributed by atoms with E-state index in [4.69, 9.17) is 4.98 Å². The number of aromatic amines is 1. The monoisotopic (exact) mass is 311 g/mol. The van der Waals surface area contributed by atoms with Crippen molar-refractivity contribution in [1.29, 1.82) is 0 Å². The molecule has 0 unspecified atom stereocenters. The van der Waals surface area contributed by atoms with Crippen LogP contribution in [0.25, 0.3) is 0 Å². The first-order chi connectivity index (χ1) is 11.3. The summed E-state index contributed by atoms with van der Waals surface area (Å²) in [7, 11) is 2.14. The number of nitrogens with zero attached hydrogens (tertiary/aromatic N) is 4. The number of hydrogen-bond acceptors (Lipinski definition) is 3. The largest absolute Gasteiger partial charge is 0.353 e. The molecule has 0 aromatic carbocycles. The molecule has 2 saturated carbocycles. The third-order valence-electron chi connectivity index (χ3n) is 5.92. The molecule has 1 aliphatic heterocycles. The molecule has 1 N–H and O–H groups in total. The molecule has 2 aliphatic carbocycles. The molecule has 3 aliphatic rings. The van der Waals surface area contributed by atoms with E-state index in [0.717, 1.165) is 36.6 Å². The van der Waals surface area contributed by atoms with Gasteiger partial charge in [-0.15, -0.1) is 0 Å². The van der Waals surface area contributed by atoms with E-state index in [-0.39, 0.29) is 0 Å². The van der Waals surface area contributed by atoms with Crippen LogP contribution < -0.4 is 0 Å². The maximum absolute atomic E-state index is 4.87. The van der Waals surface area contributed by atoms with Gasteiger partial charge >= 0.3 is 0 Å². The highest BCUT2D eigenvalue weighted by molar-refractivity contribution is 5.13. The fourth-order valence-corrected chi connectivity index (χ4v) is 4.20. The van der Waals surface area contributed by atoms with Gasteiger partial charge in [0.1, 0.15) is 5.82 Å². The molecule has 0 amide bonds. The summed E-state index contributed by atoms with van der Waals surface area (Å²) in [5, 5.41) is 7.77. The minimum absolute atomic E-state index is 0.544. The summed E-state index contributed by atoms with van der Waals surface area (Å²) < 4.78 is 2.24. The number of likely N-dealkylation sites (tertiary alicyclic amines) is 1. The zero-order valence-corrected chi connectivity index (χ0v) is 13.8. The van der Waals surface area contributed by atoms with Crippen LogP contribution in [0.15, 0.2) is 18.3 Å². The SMILES string of the molecule is Cn1cccc1CN1C[C@H](c2nc(C3CC3)n[nH]2)[C@@H](C2CC2)C1. The maximum Gasteiger partial charge on any atom is 0.153 e. The highest BCUT2D eigenvalue weighted by Gasteiger charge is 2.44. The van der Waals surface area contributed by atoms with Gasteiger partial charge in [0.05, 0.1) is 0 Å². The zero-order chi connectivity index (χ0) is 15.4. The van der Waals surface area contributed by atoms with E-state index in [9.17, 15) is 0 Å². The van der Waals surface area contributed by atoms with Crippen molar-refractivity contribution in [2.24, 2.45) is 18.9 Å². The summed E-state index contributed by atoms with van der Waals surface area (Å²) in [6, 6.07) is 4.37. The van der Waals surface area contributed by atoms with Gasteiger partial charge in [-0.05, 0) is 49.7 Å². The van der Waals surface area contributed by atoms with Crippen LogP contribution in [0.1, 0.15) is 54.9 Å². The molecule has 0 bridgehead atoms. The second-order valence-corrected chi connectivity index (χ2v) is 7.77. The van der Waals surface area contributed by atoms with Gasteiger partial charge in [-0.2, -0.15) is 5.10 Å². The molecular weight excluding hydrogens is 286 g/mol. The molecule has 122 valence electrons. The van der Waals surface area contributed by atoms with Crippen molar-refractivity contribution in [1.82, 2.24) is 24.6 Å². The Morgan fingerprint density at radius 3 is 2.78 bits per heavy atom. The van der Waals surface area contributed by atoms with Crippen LogP contribution in [0.4, 0.5) is 0 Å². The van der Waals surface area contributed by atoms with E-state index in [2.05, 4.69) is 45.0 Å². The molecule has 2 aromatic rings. The van der Waals surface area contributed by atoms with Crippen LogP contribution in [0.3, 0.4) is 0 Å². The van der Waals surface area contributed by atoms with Crippen molar-refractivity contribution >= 4 is 0 Å². The summed E-state index contributed by atoms with van der Waals surface area (Å²) in [4.78, 5) is 7.48. The van der Waals surface area contributed by atoms with E-state index < -0.39 is 0 Å². The van der Waals surface area contributed by atoms with E-state index in [0.29, 0.717) is 11.8 Å². The smallest absolute Gasteiger partial charge is 0.153 e. The minimum Gasteiger partial charge on any atom is -0.353 e. The molecule has 0 radical (unpaired) electrons. The summed E-state index contributed by atoms with van der Waals surface area (Å²) in [5.41, 5.74) is 1.40. The van der Waals surface area contributed by atoms with Crippen LogP contribution in [0, 0.1) is 11.8 Å². The summed E-state index contributed by atoms with van der Waals surface area (Å²) in [6.45, 7) is 3.37. The Morgan fingerprint density at radius 2 is 2.09 bits per heavy atom. The predicted molar refractivity (Wildman–Crippen MR) is 88.0 cm³/mol. The Hall–Kier alpha value is -1.62. The van der Waals surface area contributed by atoms with Crippen molar-refractivity contribution < 1.29 is 0 Å². The lowest BCUT2D eigenvalue weighted by Crippen LogP contribution is -2.22. The van der Waals surface area contributed by atoms with Crippen LogP contribution in [0.2, 0.25) is 0 Å². The van der Waals surface area contributed by atoms with Crippen molar-refractivity contribution in [2.45, 2.75) is 44.1 Å². The maximum atomic E-state index is 4.87. The molecular formula is C18H25N5. The van der Waals surface area contributed by atoms with Gasteiger partial charge in [-0.25, -0.2) is 4.98 Å². The highest BCUT2D eigenvalue weighted by Crippen LogP contribution is 2.47. The minimum atomic E-state index is 0.544. The Kier molecular flexibility index (Phi) is 3.11. The van der Waals surface area contributed by atoms with E-state index >= 15 is 0 Å². The summed E-state index contributed by atoms with van der Waals surface area (Å²) in [6.07, 6.45) is 7.49. The number of hydrogen-bond donors (Lipinski definition) is 1. The number of aromatic nitrogens is 4. The van der Waals surface area contributed by atoms with Gasteiger partial charge in [-0.1, -0.05) is 0 Å². The first-order valence-electron chi connectivity index (χ1n) is 9.02. The topological polar surface area (TPSA) is 49.7 Å². The lowest BCUT2D eigenvalue weighted by Gasteiger charge is -2.16. The fraction of sp³-hybridized carbons (Fsp3) is 0.667. The first-order valence-corrected chi connectivity index (χ1v) is 9.02. The Balaban J connectivity index is 1.35. The predicted octanol–water partition coefficient (Wildman–Crippen LogP) is 2.65. The van der Waals surface area contributed by atoms with Crippen LogP contribution >= 0.6 is 0 Å². The van der Waals surface area contributed by atoms with Gasteiger partial charge in [0, 0.05) is 50.4 Å². The van der Waals surface area contributed by atoms with E-state index in [1.165, 1.54) is 37.9 Å². The standard InChI is InChI=1S/C18H25N5/c1-22-8-2-3-14(22)9-23-10-15(12-4-5-12)16(11-23)18-19-17(20-21-18)13-6-7-13/h2-3,8,12-13,15-16H,4-7,9-11H2,1H3,(H,19,20,21)/t15-,16+/m1/s1. The Labute approximate surface area is 137 Å². The molecule has 3 heterocycles. The van der Waals surface area contributed by atoms with Crippen molar-refractivity contribution in [3.8, 4) is 0 Å². The fourth-order valence-electron chi connectivity index (χ4n) is 4.20. The molecule has 5 nitrogen and oxygen atoms in total. The third-order valence-corrected chi connectivity index (χ3v) is 5.92. The average molecular weight is 311 g/mol. The van der Waals surface area contributed by atoms with Gasteiger partial charge in [0.2, 0.25) is 0 Å². The van der Waals surface area contributed by atoms with Gasteiger partial charge in [-0.3, -0.25) is 10.00 Å². The van der Waals surface area contributed by atoms with Crippen molar-refractivity contribution in [3.63, 3.8) is 0 Å². The number of nitrogens with one attached hydrogen (secondary N) is 1. The molecule has 2 atom stereocenters. The molecule has 5 rings (SSSR count). The normalized spacial score (nSPS) is 28.6. The van der Waals surface area contributed by atoms with Crippen molar-refractivity contribution in [3.05, 3.63) is 35.7 Å². The average Bonchev–Trinajstić information content (AvgIpc) is 3.45. The Morgan fingerprint density at radius 1 is 1.22 bits per heavy atom. The lowest BCUT2D eigenvalue weighted by atomic mass is 9.91. The van der Waals surface area contributed by atoms with Gasteiger partial charge in [0.25, 0.3) is 0 Å². The van der Waals surface area contributed by atoms with Crippen molar-refractivity contribution in [2.75, 3.05) is 13.1 Å². The van der Waals surface area contributed by atoms with Gasteiger partial charge in [0.15, 0.2) is 5.82 Å². The van der Waals surface area contributed by atoms with Crippen LogP contribution in [0.5, 0.6) is 0 Å². The Bertz CT molecular complexity index is 694. The lowest BCUT2D eigenvalue weighted by molar-refractivity contribution is 0.303. The zero-order valence-electron chi connectivity index (χ0n) is 13.8. The quantitative estimate of drug-likeness (QED) is 0.923. The van der Waals surface area contributed by atoms with Crippen LogP contribution in [-0.2, 0) is 13.6 Å². The molecule has 23 heavy (non-hydrogen) atoms. The van der Waals surface area contributed by atoms with E-state index in [1.807, 2.05) is 0 Å². The number of aryl methyl sites for hydroxylation is 1. The number of H-pyrrole nitrogens is 1. The van der Waals surface area contributed by atoms with E-state index in [1.54, 1.807) is 0 Å². The second-order valence-electron chi connectivity index (χ2n) is 7.77. The summed E-state index contributed by atoms with van der Waals surface area (Å²) >= 11 is 0. The first kappa shape index (κ1) is 13.8. The van der Waals surface area contributed by atoms with Gasteiger partial charge < -0.3 is 4.57 Å². The molecule has 5 heteroatoms. The number of rotatable bonds is 5. The third kappa shape index (κ3) is 2.61. The molecule has 0 spiro atoms. The van der Waals surface area contributed by atoms with Crippen LogP contribution in [-0.4, -0.2) is 37.7 Å². The summed E-state index contributed by atoms with van der Waals surface area (Å²) in [5.74, 6) is 5.07. The molecule has 2 aromatic heterocycles.